The average Bonchev–Trinajstić information content (AvgIpc) is 3.15. The van der Waals surface area contributed by atoms with Gasteiger partial charge in [-0.2, -0.15) is 0 Å². The summed E-state index contributed by atoms with van der Waals surface area (Å²) >= 11 is 0. The van der Waals surface area contributed by atoms with E-state index in [-0.39, 0.29) is 4.90 Å². The number of benzene rings is 2. The summed E-state index contributed by atoms with van der Waals surface area (Å²) in [5, 5.41) is 0. The average molecular weight is 480 g/mol. The first-order valence-electron chi connectivity index (χ1n) is 10.6. The highest BCUT2D eigenvalue weighted by Gasteiger charge is 2.16. The molecule has 176 valence electrons. The van der Waals surface area contributed by atoms with Gasteiger partial charge in [0.1, 0.15) is 30.0 Å². The lowest BCUT2D eigenvalue weighted by molar-refractivity contribution is 0.337. The Balaban J connectivity index is 1.47. The van der Waals surface area contributed by atoms with Crippen LogP contribution in [0.1, 0.15) is 23.9 Å². The molecule has 0 aliphatic rings. The summed E-state index contributed by atoms with van der Waals surface area (Å²) in [6, 6.07) is 13.0. The number of aromatic nitrogens is 4. The van der Waals surface area contributed by atoms with E-state index in [0.717, 1.165) is 17.0 Å². The Morgan fingerprint density at radius 3 is 2.38 bits per heavy atom. The summed E-state index contributed by atoms with van der Waals surface area (Å²) in [6.45, 7) is 8.09. The summed E-state index contributed by atoms with van der Waals surface area (Å²) in [5.74, 6) is 2.16. The van der Waals surface area contributed by atoms with E-state index in [1.54, 1.807) is 48.8 Å². The number of hydrogen-bond acceptors (Lipinski definition) is 7. The van der Waals surface area contributed by atoms with E-state index in [1.807, 2.05) is 32.3 Å². The normalized spacial score (nSPS) is 11.3. The summed E-state index contributed by atoms with van der Waals surface area (Å²) in [6.07, 6.45) is 3.12. The SMILES string of the molecule is CCOc1ccc(S(=O)(=O)Nc2ccc(Oc3cc(-n4cnc(C)c4C)ncn3)cc2)cc1C. The van der Waals surface area contributed by atoms with E-state index in [4.69, 9.17) is 9.47 Å². The number of nitrogens with one attached hydrogen (secondary N) is 1. The van der Waals surface area contributed by atoms with Crippen LogP contribution in [0.25, 0.3) is 5.82 Å². The van der Waals surface area contributed by atoms with Crippen LogP contribution in [0.5, 0.6) is 17.4 Å². The molecule has 0 amide bonds. The fourth-order valence-corrected chi connectivity index (χ4v) is 4.42. The third-order valence-corrected chi connectivity index (χ3v) is 6.59. The second kappa shape index (κ2) is 9.52. The minimum atomic E-state index is -3.75. The highest BCUT2D eigenvalue weighted by atomic mass is 32.2. The van der Waals surface area contributed by atoms with Gasteiger partial charge in [0.25, 0.3) is 10.0 Å². The van der Waals surface area contributed by atoms with Gasteiger partial charge >= 0.3 is 0 Å². The second-order valence-electron chi connectivity index (χ2n) is 7.59. The summed E-state index contributed by atoms with van der Waals surface area (Å²) in [7, 11) is -3.75. The highest BCUT2D eigenvalue weighted by molar-refractivity contribution is 7.92. The van der Waals surface area contributed by atoms with Gasteiger partial charge in [-0.15, -0.1) is 0 Å². The van der Waals surface area contributed by atoms with Crippen LogP contribution in [0.3, 0.4) is 0 Å². The van der Waals surface area contributed by atoms with Crippen LogP contribution >= 0.6 is 0 Å². The molecule has 1 N–H and O–H groups in total. The molecule has 0 aliphatic carbocycles. The maximum absolute atomic E-state index is 12.8. The van der Waals surface area contributed by atoms with Crippen LogP contribution in [-0.2, 0) is 10.0 Å². The molecule has 0 saturated carbocycles. The molecule has 0 bridgehead atoms. The molecular formula is C24H25N5O4S. The zero-order chi connectivity index (χ0) is 24.3. The quantitative estimate of drug-likeness (QED) is 0.394. The molecule has 2 heterocycles. The molecule has 0 saturated heterocycles. The summed E-state index contributed by atoms with van der Waals surface area (Å²) < 4.78 is 41.3. The lowest BCUT2D eigenvalue weighted by Crippen LogP contribution is -2.13. The molecule has 2 aromatic carbocycles. The van der Waals surface area contributed by atoms with Crippen molar-refractivity contribution in [3.8, 4) is 23.2 Å². The Kier molecular flexibility index (Phi) is 6.51. The molecule has 0 atom stereocenters. The van der Waals surface area contributed by atoms with Crippen LogP contribution in [0.4, 0.5) is 5.69 Å². The van der Waals surface area contributed by atoms with Gasteiger partial charge in [0.05, 0.1) is 17.2 Å². The van der Waals surface area contributed by atoms with Gasteiger partial charge in [0.2, 0.25) is 5.88 Å². The molecular weight excluding hydrogens is 454 g/mol. The molecule has 34 heavy (non-hydrogen) atoms. The molecule has 0 spiro atoms. The van der Waals surface area contributed by atoms with Gasteiger partial charge in [-0.25, -0.2) is 23.4 Å². The zero-order valence-corrected chi connectivity index (χ0v) is 20.1. The number of anilines is 1. The fraction of sp³-hybridized carbons (Fsp3) is 0.208. The monoisotopic (exact) mass is 479 g/mol. The first-order valence-corrected chi connectivity index (χ1v) is 12.1. The van der Waals surface area contributed by atoms with Gasteiger partial charge in [-0.1, -0.05) is 0 Å². The van der Waals surface area contributed by atoms with E-state index in [1.165, 1.54) is 12.4 Å². The maximum atomic E-state index is 12.8. The predicted molar refractivity (Wildman–Crippen MR) is 128 cm³/mol. The molecule has 4 aromatic rings. The van der Waals surface area contributed by atoms with E-state index in [9.17, 15) is 8.42 Å². The lowest BCUT2D eigenvalue weighted by atomic mass is 10.2. The van der Waals surface area contributed by atoms with Crippen molar-refractivity contribution < 1.29 is 17.9 Å². The van der Waals surface area contributed by atoms with Crippen molar-refractivity contribution in [1.29, 1.82) is 0 Å². The fourth-order valence-electron chi connectivity index (χ4n) is 3.28. The number of sulfonamides is 1. The Bertz CT molecular complexity index is 1420. The number of ether oxygens (including phenoxy) is 2. The van der Waals surface area contributed by atoms with E-state index in [2.05, 4.69) is 19.7 Å². The van der Waals surface area contributed by atoms with Crippen molar-refractivity contribution in [3.63, 3.8) is 0 Å². The van der Waals surface area contributed by atoms with E-state index < -0.39 is 10.0 Å². The molecule has 10 heteroatoms. The first-order chi connectivity index (χ1) is 16.3. The van der Waals surface area contributed by atoms with E-state index in [0.29, 0.717) is 35.5 Å². The van der Waals surface area contributed by atoms with Gasteiger partial charge in [-0.3, -0.25) is 9.29 Å². The van der Waals surface area contributed by atoms with Crippen LogP contribution < -0.4 is 14.2 Å². The lowest BCUT2D eigenvalue weighted by Gasteiger charge is -2.12. The van der Waals surface area contributed by atoms with Gasteiger partial charge < -0.3 is 9.47 Å². The third kappa shape index (κ3) is 5.01. The smallest absolute Gasteiger partial charge is 0.261 e. The number of imidazole rings is 1. The zero-order valence-electron chi connectivity index (χ0n) is 19.3. The Labute approximate surface area is 198 Å². The third-order valence-electron chi connectivity index (χ3n) is 5.21. The van der Waals surface area contributed by atoms with Gasteiger partial charge in [0.15, 0.2) is 0 Å². The molecule has 2 aromatic heterocycles. The summed E-state index contributed by atoms with van der Waals surface area (Å²) in [4.78, 5) is 12.9. The number of nitrogens with zero attached hydrogens (tertiary/aromatic N) is 4. The minimum absolute atomic E-state index is 0.160. The Morgan fingerprint density at radius 1 is 0.971 bits per heavy atom. The molecule has 0 radical (unpaired) electrons. The van der Waals surface area contributed by atoms with Crippen LogP contribution in [0.15, 0.2) is 66.1 Å². The molecule has 0 unspecified atom stereocenters. The molecule has 0 fully saturated rings. The van der Waals surface area contributed by atoms with Crippen molar-refractivity contribution in [2.24, 2.45) is 0 Å². The van der Waals surface area contributed by atoms with Crippen molar-refractivity contribution >= 4 is 15.7 Å². The predicted octanol–water partition coefficient (Wildman–Crippen LogP) is 4.58. The largest absolute Gasteiger partial charge is 0.494 e. The van der Waals surface area contributed by atoms with Crippen LogP contribution in [-0.4, -0.2) is 34.5 Å². The van der Waals surface area contributed by atoms with E-state index >= 15 is 0 Å². The van der Waals surface area contributed by atoms with Crippen LogP contribution in [0.2, 0.25) is 0 Å². The molecule has 9 nitrogen and oxygen atoms in total. The first kappa shape index (κ1) is 23.2. The topological polar surface area (TPSA) is 108 Å². The molecule has 0 aliphatic heterocycles. The second-order valence-corrected chi connectivity index (χ2v) is 9.27. The Morgan fingerprint density at radius 2 is 1.74 bits per heavy atom. The number of aryl methyl sites for hydroxylation is 2. The standard InChI is InChI=1S/C24H25N5O4S/c1-5-32-22-11-10-21(12-16(22)2)34(30,31)28-19-6-8-20(9-7-19)33-24-13-23(25-14-26-24)29-15-27-17(3)18(29)4/h6-15,28H,5H2,1-4H3. The summed E-state index contributed by atoms with van der Waals surface area (Å²) in [5.41, 5.74) is 3.05. The van der Waals surface area contributed by atoms with Gasteiger partial charge in [0, 0.05) is 17.4 Å². The van der Waals surface area contributed by atoms with Gasteiger partial charge in [-0.05, 0) is 75.7 Å². The maximum Gasteiger partial charge on any atom is 0.261 e. The van der Waals surface area contributed by atoms with Crippen molar-refractivity contribution in [2.45, 2.75) is 32.6 Å². The number of rotatable bonds is 8. The molecule has 4 rings (SSSR count). The van der Waals surface area contributed by atoms with Crippen molar-refractivity contribution in [3.05, 3.63) is 78.1 Å². The minimum Gasteiger partial charge on any atom is -0.494 e. The Hall–Kier alpha value is -3.92. The number of hydrogen-bond donors (Lipinski definition) is 1. The highest BCUT2D eigenvalue weighted by Crippen LogP contribution is 2.26. The van der Waals surface area contributed by atoms with Crippen molar-refractivity contribution in [2.75, 3.05) is 11.3 Å². The van der Waals surface area contributed by atoms with Crippen LogP contribution in [0, 0.1) is 20.8 Å². The van der Waals surface area contributed by atoms with Crippen molar-refractivity contribution in [1.82, 2.24) is 19.5 Å².